The zero-order valence-corrected chi connectivity index (χ0v) is 8.53. The van der Waals surface area contributed by atoms with Crippen LogP contribution in [0.1, 0.15) is 5.56 Å². The molecular weight excluding hydrogens is 195 g/mol. The van der Waals surface area contributed by atoms with E-state index in [4.69, 9.17) is 5.73 Å². The molecule has 0 saturated heterocycles. The maximum absolute atomic E-state index is 12.7. The first-order valence-electron chi connectivity index (χ1n) is 4.50. The van der Waals surface area contributed by atoms with Crippen LogP contribution in [0.15, 0.2) is 18.3 Å². The highest BCUT2D eigenvalue weighted by atomic mass is 19.1. The number of nitrogen functional groups attached to an aromatic ring is 1. The van der Waals surface area contributed by atoms with Gasteiger partial charge in [-0.3, -0.25) is 9.67 Å². The van der Waals surface area contributed by atoms with Crippen molar-refractivity contribution in [2.24, 2.45) is 7.05 Å². The predicted octanol–water partition coefficient (Wildman–Crippen LogP) is 1.51. The average Bonchev–Trinajstić information content (AvgIpc) is 2.44. The molecule has 0 aliphatic heterocycles. The molecule has 0 radical (unpaired) electrons. The Balaban J connectivity index is 2.58. The third kappa shape index (κ3) is 1.56. The Morgan fingerprint density at radius 2 is 2.13 bits per heavy atom. The van der Waals surface area contributed by atoms with Gasteiger partial charge in [0.25, 0.3) is 0 Å². The van der Waals surface area contributed by atoms with Crippen LogP contribution in [0.2, 0.25) is 0 Å². The molecule has 0 fully saturated rings. The number of nitrogens with two attached hydrogens (primary N) is 1. The van der Waals surface area contributed by atoms with Gasteiger partial charge in [-0.1, -0.05) is 0 Å². The lowest BCUT2D eigenvalue weighted by molar-refractivity contribution is 0.621. The van der Waals surface area contributed by atoms with Crippen molar-refractivity contribution in [3.63, 3.8) is 0 Å². The van der Waals surface area contributed by atoms with Gasteiger partial charge >= 0.3 is 0 Å². The van der Waals surface area contributed by atoms with Gasteiger partial charge < -0.3 is 5.73 Å². The predicted molar refractivity (Wildman–Crippen MR) is 55.5 cm³/mol. The van der Waals surface area contributed by atoms with E-state index in [0.717, 1.165) is 11.3 Å². The molecule has 15 heavy (non-hydrogen) atoms. The molecule has 0 bridgehead atoms. The van der Waals surface area contributed by atoms with Crippen molar-refractivity contribution in [3.05, 3.63) is 29.7 Å². The molecule has 0 spiro atoms. The summed E-state index contributed by atoms with van der Waals surface area (Å²) in [7, 11) is 1.78. The number of pyridine rings is 1. The first-order chi connectivity index (χ1) is 7.09. The topological polar surface area (TPSA) is 56.7 Å². The summed E-state index contributed by atoms with van der Waals surface area (Å²) in [6.45, 7) is 1.86. The molecule has 5 heteroatoms. The Labute approximate surface area is 86.6 Å². The fourth-order valence-electron chi connectivity index (χ4n) is 1.52. The molecular formula is C10H11FN4. The van der Waals surface area contributed by atoms with Crippen molar-refractivity contribution >= 4 is 5.82 Å². The van der Waals surface area contributed by atoms with Crippen LogP contribution in [-0.4, -0.2) is 14.8 Å². The first kappa shape index (κ1) is 9.64. The van der Waals surface area contributed by atoms with E-state index in [1.165, 1.54) is 12.3 Å². The second-order valence-corrected chi connectivity index (χ2v) is 3.34. The number of aryl methyl sites for hydroxylation is 1. The van der Waals surface area contributed by atoms with Crippen LogP contribution in [0.25, 0.3) is 11.4 Å². The second-order valence-electron chi connectivity index (χ2n) is 3.34. The van der Waals surface area contributed by atoms with Crippen molar-refractivity contribution < 1.29 is 4.39 Å². The van der Waals surface area contributed by atoms with Crippen LogP contribution in [0, 0.1) is 12.7 Å². The number of aromatic nitrogens is 3. The minimum absolute atomic E-state index is 0.355. The Morgan fingerprint density at radius 1 is 1.40 bits per heavy atom. The van der Waals surface area contributed by atoms with E-state index in [1.54, 1.807) is 17.8 Å². The minimum atomic E-state index is -0.355. The summed E-state index contributed by atoms with van der Waals surface area (Å²) < 4.78 is 14.3. The fourth-order valence-corrected chi connectivity index (χ4v) is 1.52. The molecule has 0 aliphatic rings. The smallest absolute Gasteiger partial charge is 0.149 e. The minimum Gasteiger partial charge on any atom is -0.382 e. The average molecular weight is 206 g/mol. The van der Waals surface area contributed by atoms with E-state index < -0.39 is 0 Å². The van der Waals surface area contributed by atoms with Gasteiger partial charge in [0.2, 0.25) is 0 Å². The monoisotopic (exact) mass is 206 g/mol. The highest BCUT2D eigenvalue weighted by Crippen LogP contribution is 2.24. The third-order valence-electron chi connectivity index (χ3n) is 2.29. The van der Waals surface area contributed by atoms with Gasteiger partial charge in [0.05, 0.1) is 17.6 Å². The normalized spacial score (nSPS) is 10.6. The van der Waals surface area contributed by atoms with Crippen LogP contribution in [0.5, 0.6) is 0 Å². The Kier molecular flexibility index (Phi) is 2.15. The zero-order valence-electron chi connectivity index (χ0n) is 8.53. The van der Waals surface area contributed by atoms with E-state index >= 15 is 0 Å². The van der Waals surface area contributed by atoms with Gasteiger partial charge in [-0.25, -0.2) is 4.39 Å². The molecule has 0 atom stereocenters. The summed E-state index contributed by atoms with van der Waals surface area (Å²) in [4.78, 5) is 3.99. The number of hydrogen-bond donors (Lipinski definition) is 1. The summed E-state index contributed by atoms with van der Waals surface area (Å²) >= 11 is 0. The largest absolute Gasteiger partial charge is 0.382 e. The highest BCUT2D eigenvalue weighted by Gasteiger charge is 2.12. The van der Waals surface area contributed by atoms with Crippen LogP contribution >= 0.6 is 0 Å². The Hall–Kier alpha value is -1.91. The molecule has 0 amide bonds. The molecule has 2 heterocycles. The molecule has 2 aromatic heterocycles. The van der Waals surface area contributed by atoms with E-state index in [1.807, 2.05) is 6.92 Å². The van der Waals surface area contributed by atoms with Gasteiger partial charge in [0, 0.05) is 12.6 Å². The summed E-state index contributed by atoms with van der Waals surface area (Å²) in [5.74, 6) is 0.116. The van der Waals surface area contributed by atoms with E-state index in [-0.39, 0.29) is 5.82 Å². The maximum Gasteiger partial charge on any atom is 0.149 e. The number of rotatable bonds is 1. The molecule has 2 N–H and O–H groups in total. The van der Waals surface area contributed by atoms with Crippen LogP contribution in [0.4, 0.5) is 10.2 Å². The summed E-state index contributed by atoms with van der Waals surface area (Å²) in [5, 5.41) is 4.07. The van der Waals surface area contributed by atoms with E-state index in [9.17, 15) is 4.39 Å². The summed E-state index contributed by atoms with van der Waals surface area (Å²) in [6, 6.07) is 2.98. The SMILES string of the molecule is Cc1c(N)nn(C)c1-c1ccc(F)cn1. The van der Waals surface area contributed by atoms with Crippen LogP contribution in [0.3, 0.4) is 0 Å². The highest BCUT2D eigenvalue weighted by molar-refractivity contribution is 5.64. The molecule has 0 unspecified atom stereocenters. The molecule has 0 saturated carbocycles. The number of anilines is 1. The molecule has 0 aromatic carbocycles. The van der Waals surface area contributed by atoms with Crippen LogP contribution < -0.4 is 5.73 Å². The van der Waals surface area contributed by atoms with Gasteiger partial charge in [-0.05, 0) is 19.1 Å². The van der Waals surface area contributed by atoms with Crippen molar-refractivity contribution in [2.45, 2.75) is 6.92 Å². The molecule has 0 aliphatic carbocycles. The number of nitrogens with zero attached hydrogens (tertiary/aromatic N) is 3. The summed E-state index contributed by atoms with van der Waals surface area (Å²) in [5.41, 5.74) is 8.01. The maximum atomic E-state index is 12.7. The van der Waals surface area contributed by atoms with Crippen molar-refractivity contribution in [1.29, 1.82) is 0 Å². The number of hydrogen-bond acceptors (Lipinski definition) is 3. The van der Waals surface area contributed by atoms with Gasteiger partial charge in [0.1, 0.15) is 11.6 Å². The first-order valence-corrected chi connectivity index (χ1v) is 4.50. The van der Waals surface area contributed by atoms with Crippen molar-refractivity contribution in [3.8, 4) is 11.4 Å². The second kappa shape index (κ2) is 3.34. The molecule has 78 valence electrons. The quantitative estimate of drug-likeness (QED) is 0.769. The van der Waals surface area contributed by atoms with Crippen molar-refractivity contribution in [1.82, 2.24) is 14.8 Å². The van der Waals surface area contributed by atoms with E-state index in [2.05, 4.69) is 10.1 Å². The molecule has 2 aromatic rings. The van der Waals surface area contributed by atoms with E-state index in [0.29, 0.717) is 11.5 Å². The van der Waals surface area contributed by atoms with Crippen LogP contribution in [-0.2, 0) is 7.05 Å². The Bertz CT molecular complexity index is 487. The zero-order chi connectivity index (χ0) is 11.0. The lowest BCUT2D eigenvalue weighted by Gasteiger charge is -2.02. The van der Waals surface area contributed by atoms with Gasteiger partial charge in [0.15, 0.2) is 0 Å². The molecule has 2 rings (SSSR count). The summed E-state index contributed by atoms with van der Waals surface area (Å²) in [6.07, 6.45) is 1.18. The van der Waals surface area contributed by atoms with Crippen molar-refractivity contribution in [2.75, 3.05) is 5.73 Å². The number of halogens is 1. The van der Waals surface area contributed by atoms with Gasteiger partial charge in [-0.2, -0.15) is 5.10 Å². The third-order valence-corrected chi connectivity index (χ3v) is 2.29. The lowest BCUT2D eigenvalue weighted by Crippen LogP contribution is -1.96. The molecule has 4 nitrogen and oxygen atoms in total. The van der Waals surface area contributed by atoms with Gasteiger partial charge in [-0.15, -0.1) is 0 Å². The fraction of sp³-hybridized carbons (Fsp3) is 0.200. The standard InChI is InChI=1S/C10H11FN4/c1-6-9(15(2)14-10(6)12)8-4-3-7(11)5-13-8/h3-5H,1-2H3,(H2,12,14). The Morgan fingerprint density at radius 3 is 2.60 bits per heavy atom. The lowest BCUT2D eigenvalue weighted by atomic mass is 10.2.